The highest BCUT2D eigenvalue weighted by molar-refractivity contribution is 7.99. The first-order valence-electron chi connectivity index (χ1n) is 8.36. The molecule has 0 aliphatic heterocycles. The van der Waals surface area contributed by atoms with E-state index in [9.17, 15) is 13.2 Å². The predicted molar refractivity (Wildman–Crippen MR) is 109 cm³/mol. The molecule has 0 saturated carbocycles. The van der Waals surface area contributed by atoms with Crippen LogP contribution < -0.4 is 16.3 Å². The van der Waals surface area contributed by atoms with Crippen molar-refractivity contribution in [3.63, 3.8) is 0 Å². The molecular formula is C16H20N8O3S2. The van der Waals surface area contributed by atoms with Crippen molar-refractivity contribution >= 4 is 33.4 Å². The molecule has 0 bridgehead atoms. The fourth-order valence-electron chi connectivity index (χ4n) is 2.66. The third kappa shape index (κ3) is 4.58. The summed E-state index contributed by atoms with van der Waals surface area (Å²) in [6, 6.07) is 6.37. The number of aromatic nitrogens is 5. The lowest BCUT2D eigenvalue weighted by atomic mass is 10.2. The minimum absolute atomic E-state index is 0.00889. The Hall–Kier alpha value is -2.90. The van der Waals surface area contributed by atoms with E-state index in [2.05, 4.69) is 20.6 Å². The van der Waals surface area contributed by atoms with Crippen molar-refractivity contribution in [1.29, 1.82) is 0 Å². The first kappa shape index (κ1) is 20.8. The number of thioether (sulfide) groups is 1. The van der Waals surface area contributed by atoms with Crippen LogP contribution in [0.25, 0.3) is 5.95 Å². The molecule has 0 radical (unpaired) electrons. The third-order valence-corrected chi connectivity index (χ3v) is 5.95. The quantitative estimate of drug-likeness (QED) is 0.371. The SMILES string of the molecule is Cc1cc(C)n(-c2nnc(SCC(=O)Nc3ccc(C)c(S(N)(=O)=O)c3)n2N)n1. The molecule has 0 unspecified atom stereocenters. The minimum atomic E-state index is -3.88. The van der Waals surface area contributed by atoms with Gasteiger partial charge in [0.15, 0.2) is 0 Å². The van der Waals surface area contributed by atoms with E-state index in [4.69, 9.17) is 11.0 Å². The summed E-state index contributed by atoms with van der Waals surface area (Å²) in [6.07, 6.45) is 0. The number of anilines is 1. The zero-order valence-corrected chi connectivity index (χ0v) is 17.6. The third-order valence-electron chi connectivity index (χ3n) is 3.96. The number of nitrogens with one attached hydrogen (secondary N) is 1. The number of sulfonamides is 1. The molecule has 0 aliphatic rings. The maximum absolute atomic E-state index is 12.2. The highest BCUT2D eigenvalue weighted by Crippen LogP contribution is 2.21. The summed E-state index contributed by atoms with van der Waals surface area (Å²) in [7, 11) is -3.88. The molecule has 0 spiro atoms. The van der Waals surface area contributed by atoms with Gasteiger partial charge < -0.3 is 11.2 Å². The van der Waals surface area contributed by atoms with Crippen LogP contribution in [0, 0.1) is 20.8 Å². The van der Waals surface area contributed by atoms with Gasteiger partial charge in [-0.1, -0.05) is 17.8 Å². The average molecular weight is 437 g/mol. The van der Waals surface area contributed by atoms with Crippen LogP contribution in [0.1, 0.15) is 17.0 Å². The van der Waals surface area contributed by atoms with Crippen LogP contribution in [-0.2, 0) is 14.8 Å². The second-order valence-electron chi connectivity index (χ2n) is 6.35. The molecule has 1 amide bonds. The number of benzene rings is 1. The van der Waals surface area contributed by atoms with E-state index in [1.54, 1.807) is 23.7 Å². The molecule has 0 fully saturated rings. The molecule has 3 aromatic rings. The van der Waals surface area contributed by atoms with Gasteiger partial charge in [-0.15, -0.1) is 10.2 Å². The number of carbonyl (C=O) groups excluding carboxylic acids is 1. The molecular weight excluding hydrogens is 416 g/mol. The zero-order valence-electron chi connectivity index (χ0n) is 15.9. The lowest BCUT2D eigenvalue weighted by molar-refractivity contribution is -0.113. The van der Waals surface area contributed by atoms with E-state index < -0.39 is 10.0 Å². The van der Waals surface area contributed by atoms with Crippen LogP contribution in [0.3, 0.4) is 0 Å². The van der Waals surface area contributed by atoms with E-state index in [0.29, 0.717) is 22.4 Å². The number of aryl methyl sites for hydroxylation is 3. The Kier molecular flexibility index (Phi) is 5.64. The van der Waals surface area contributed by atoms with Crippen molar-refractivity contribution < 1.29 is 13.2 Å². The van der Waals surface area contributed by atoms with E-state index >= 15 is 0 Å². The van der Waals surface area contributed by atoms with Crippen LogP contribution in [0.4, 0.5) is 5.69 Å². The summed E-state index contributed by atoms with van der Waals surface area (Å²) in [4.78, 5) is 12.2. The minimum Gasteiger partial charge on any atom is -0.334 e. The first-order chi connectivity index (χ1) is 13.6. The van der Waals surface area contributed by atoms with E-state index in [1.165, 1.54) is 10.7 Å². The fourth-order valence-corrected chi connectivity index (χ4v) is 4.11. The molecule has 2 aromatic heterocycles. The van der Waals surface area contributed by atoms with Crippen molar-refractivity contribution in [2.24, 2.45) is 5.14 Å². The number of nitrogens with zero attached hydrogens (tertiary/aromatic N) is 5. The summed E-state index contributed by atoms with van der Waals surface area (Å²) < 4.78 is 26.0. The van der Waals surface area contributed by atoms with Gasteiger partial charge in [0.2, 0.25) is 21.1 Å². The van der Waals surface area contributed by atoms with Crippen LogP contribution in [0.15, 0.2) is 34.3 Å². The molecule has 0 aliphatic carbocycles. The molecule has 154 valence electrons. The number of amides is 1. The lowest BCUT2D eigenvalue weighted by Gasteiger charge is -2.09. The molecule has 1 aromatic carbocycles. The number of nitrogen functional groups attached to an aromatic ring is 1. The molecule has 11 nitrogen and oxygen atoms in total. The maximum Gasteiger partial charge on any atom is 0.271 e. The molecule has 2 heterocycles. The Labute approximate surface area is 171 Å². The van der Waals surface area contributed by atoms with Crippen LogP contribution in [0.5, 0.6) is 0 Å². The Morgan fingerprint density at radius 1 is 1.21 bits per heavy atom. The van der Waals surface area contributed by atoms with Crippen molar-refractivity contribution in [3.05, 3.63) is 41.2 Å². The standard InChI is InChI=1S/C16H20N8O3S2/c1-9-4-5-12(7-13(9)29(18,26)27)19-14(25)8-28-16-21-20-15(23(16)17)24-11(3)6-10(2)22-24/h4-7H,8,17H2,1-3H3,(H,19,25)(H2,18,26,27). The smallest absolute Gasteiger partial charge is 0.271 e. The van der Waals surface area contributed by atoms with Gasteiger partial charge >= 0.3 is 0 Å². The van der Waals surface area contributed by atoms with Crippen LogP contribution in [0.2, 0.25) is 0 Å². The van der Waals surface area contributed by atoms with Gasteiger partial charge in [-0.25, -0.2) is 22.9 Å². The van der Waals surface area contributed by atoms with Gasteiger partial charge in [0.25, 0.3) is 5.95 Å². The fraction of sp³-hybridized carbons (Fsp3) is 0.250. The predicted octanol–water partition coefficient (Wildman–Crippen LogP) is 0.481. The highest BCUT2D eigenvalue weighted by Gasteiger charge is 2.17. The molecule has 3 rings (SSSR count). The van der Waals surface area contributed by atoms with Crippen molar-refractivity contribution in [2.75, 3.05) is 16.9 Å². The van der Waals surface area contributed by atoms with Crippen LogP contribution >= 0.6 is 11.8 Å². The Bertz CT molecular complexity index is 1180. The second kappa shape index (κ2) is 7.85. The Balaban J connectivity index is 1.69. The van der Waals surface area contributed by atoms with Crippen molar-refractivity contribution in [1.82, 2.24) is 24.7 Å². The molecule has 29 heavy (non-hydrogen) atoms. The largest absolute Gasteiger partial charge is 0.334 e. The molecule has 13 heteroatoms. The highest BCUT2D eigenvalue weighted by atomic mass is 32.2. The summed E-state index contributed by atoms with van der Waals surface area (Å²) >= 11 is 1.08. The number of hydrogen-bond acceptors (Lipinski definition) is 8. The number of hydrogen-bond donors (Lipinski definition) is 3. The summed E-state index contributed by atoms with van der Waals surface area (Å²) in [5.74, 6) is 5.99. The number of primary sulfonamides is 1. The van der Waals surface area contributed by atoms with E-state index in [1.807, 2.05) is 19.9 Å². The summed E-state index contributed by atoms with van der Waals surface area (Å²) in [5, 5.41) is 20.5. The van der Waals surface area contributed by atoms with Gasteiger partial charge in [0.05, 0.1) is 16.3 Å². The number of carbonyl (C=O) groups is 1. The molecule has 0 saturated heterocycles. The van der Waals surface area contributed by atoms with Gasteiger partial charge in [0.1, 0.15) is 0 Å². The van der Waals surface area contributed by atoms with Crippen molar-refractivity contribution in [2.45, 2.75) is 30.8 Å². The number of rotatable bonds is 6. The number of nitrogens with two attached hydrogens (primary N) is 2. The Morgan fingerprint density at radius 2 is 1.93 bits per heavy atom. The van der Waals surface area contributed by atoms with Gasteiger partial charge in [-0.2, -0.15) is 5.10 Å². The van der Waals surface area contributed by atoms with E-state index in [0.717, 1.165) is 23.1 Å². The van der Waals surface area contributed by atoms with Gasteiger partial charge in [0, 0.05) is 11.4 Å². The second-order valence-corrected chi connectivity index (χ2v) is 8.83. The van der Waals surface area contributed by atoms with Crippen LogP contribution in [-0.4, -0.2) is 44.7 Å². The molecule has 0 atom stereocenters. The summed E-state index contributed by atoms with van der Waals surface area (Å²) in [6.45, 7) is 5.34. The zero-order chi connectivity index (χ0) is 21.3. The Morgan fingerprint density at radius 3 is 2.55 bits per heavy atom. The molecule has 5 N–H and O–H groups in total. The van der Waals surface area contributed by atoms with Gasteiger partial charge in [-0.05, 0) is 44.5 Å². The monoisotopic (exact) mass is 436 g/mol. The first-order valence-corrected chi connectivity index (χ1v) is 10.9. The van der Waals surface area contributed by atoms with Gasteiger partial charge in [-0.3, -0.25) is 4.79 Å². The average Bonchev–Trinajstić information content (AvgIpc) is 3.15. The topological polar surface area (TPSA) is 164 Å². The normalized spacial score (nSPS) is 11.6. The van der Waals surface area contributed by atoms with E-state index in [-0.39, 0.29) is 16.6 Å². The maximum atomic E-state index is 12.2. The van der Waals surface area contributed by atoms with Crippen molar-refractivity contribution in [3.8, 4) is 5.95 Å². The lowest BCUT2D eigenvalue weighted by Crippen LogP contribution is -2.19. The summed E-state index contributed by atoms with van der Waals surface area (Å²) in [5.41, 5.74) is 2.48.